The van der Waals surface area contributed by atoms with Crippen molar-refractivity contribution in [1.29, 1.82) is 0 Å². The second-order valence-electron chi connectivity index (χ2n) is 5.99. The molecule has 0 aliphatic carbocycles. The highest BCUT2D eigenvalue weighted by molar-refractivity contribution is 7.91. The molecule has 2 unspecified atom stereocenters. The van der Waals surface area contributed by atoms with E-state index in [9.17, 15) is 18.3 Å². The Balaban J connectivity index is 1.66. The fourth-order valence-electron chi connectivity index (χ4n) is 3.04. The van der Waals surface area contributed by atoms with Gasteiger partial charge in [-0.15, -0.1) is 11.3 Å². The number of carbonyl (C=O) groups is 1. The number of hydrogen-bond acceptors (Lipinski definition) is 6. The van der Waals surface area contributed by atoms with E-state index in [0.29, 0.717) is 43.4 Å². The summed E-state index contributed by atoms with van der Waals surface area (Å²) in [6.45, 7) is 1.93. The third kappa shape index (κ3) is 3.76. The quantitative estimate of drug-likeness (QED) is 0.773. The number of sulfonamides is 1. The molecular formula is C14H20ClN3O4S2. The molecule has 2 N–H and O–H groups in total. The van der Waals surface area contributed by atoms with Crippen LogP contribution in [-0.4, -0.2) is 73.5 Å². The van der Waals surface area contributed by atoms with Crippen LogP contribution in [0.5, 0.6) is 0 Å². The summed E-state index contributed by atoms with van der Waals surface area (Å²) in [5, 5.41) is 12.6. The molecule has 1 aromatic heterocycles. The lowest BCUT2D eigenvalue weighted by Gasteiger charge is -2.24. The SMILES string of the molecule is O=C(C1CC(O)CN1)N1CCCN(S(=O)(=O)c2ccc(Cl)s2)CC1. The molecule has 0 saturated carbocycles. The molecule has 0 radical (unpaired) electrons. The zero-order valence-electron chi connectivity index (χ0n) is 13.0. The van der Waals surface area contributed by atoms with Gasteiger partial charge in [0.15, 0.2) is 0 Å². The van der Waals surface area contributed by atoms with Crippen LogP contribution < -0.4 is 5.32 Å². The van der Waals surface area contributed by atoms with Crippen molar-refractivity contribution in [2.24, 2.45) is 0 Å². The van der Waals surface area contributed by atoms with E-state index in [1.807, 2.05) is 0 Å². The van der Waals surface area contributed by atoms with Gasteiger partial charge in [-0.2, -0.15) is 4.31 Å². The van der Waals surface area contributed by atoms with Crippen LogP contribution in [0.15, 0.2) is 16.3 Å². The minimum absolute atomic E-state index is 0.0648. The lowest BCUT2D eigenvalue weighted by atomic mass is 10.2. The fourth-order valence-corrected chi connectivity index (χ4v) is 6.15. The standard InChI is InChI=1S/C14H20ClN3O4S2/c15-12-2-3-13(23-12)24(21,22)18-5-1-4-17(6-7-18)14(20)11-8-10(19)9-16-11/h2-3,10-11,16,19H,1,4-9H2. The molecule has 0 aromatic carbocycles. The third-order valence-corrected chi connectivity index (χ3v) is 7.91. The topological polar surface area (TPSA) is 89.9 Å². The van der Waals surface area contributed by atoms with E-state index in [1.165, 1.54) is 10.4 Å². The maximum atomic E-state index is 12.7. The molecule has 0 spiro atoms. The van der Waals surface area contributed by atoms with Crippen LogP contribution in [-0.2, 0) is 14.8 Å². The molecule has 2 aliphatic heterocycles. The lowest BCUT2D eigenvalue weighted by molar-refractivity contribution is -0.133. The molecule has 2 aliphatic rings. The van der Waals surface area contributed by atoms with Gasteiger partial charge in [0.2, 0.25) is 5.91 Å². The minimum Gasteiger partial charge on any atom is -0.392 e. The largest absolute Gasteiger partial charge is 0.392 e. The Kier molecular flexibility index (Phi) is 5.48. The molecule has 3 heterocycles. The Morgan fingerprint density at radius 2 is 2.08 bits per heavy atom. The summed E-state index contributed by atoms with van der Waals surface area (Å²) in [5.74, 6) is -0.0648. The predicted molar refractivity (Wildman–Crippen MR) is 91.7 cm³/mol. The monoisotopic (exact) mass is 393 g/mol. The number of rotatable bonds is 3. The molecule has 1 aromatic rings. The van der Waals surface area contributed by atoms with Crippen molar-refractivity contribution < 1.29 is 18.3 Å². The van der Waals surface area contributed by atoms with Gasteiger partial charge in [-0.3, -0.25) is 4.79 Å². The van der Waals surface area contributed by atoms with Crippen LogP contribution in [0.1, 0.15) is 12.8 Å². The van der Waals surface area contributed by atoms with Gasteiger partial charge in [0, 0.05) is 32.7 Å². The van der Waals surface area contributed by atoms with Crippen LogP contribution in [0.2, 0.25) is 4.34 Å². The summed E-state index contributed by atoms with van der Waals surface area (Å²) >= 11 is 6.88. The second-order valence-corrected chi connectivity index (χ2v) is 9.87. The lowest BCUT2D eigenvalue weighted by Crippen LogP contribution is -2.45. The highest BCUT2D eigenvalue weighted by Crippen LogP contribution is 2.28. The van der Waals surface area contributed by atoms with Crippen LogP contribution in [0.4, 0.5) is 0 Å². The van der Waals surface area contributed by atoms with Crippen LogP contribution in [0, 0.1) is 0 Å². The first-order valence-corrected chi connectivity index (χ1v) is 10.5. The first-order chi connectivity index (χ1) is 11.4. The van der Waals surface area contributed by atoms with Gasteiger partial charge in [0.1, 0.15) is 4.21 Å². The van der Waals surface area contributed by atoms with Crippen molar-refractivity contribution in [3.05, 3.63) is 16.5 Å². The number of hydrogen-bond donors (Lipinski definition) is 2. The molecule has 7 nitrogen and oxygen atoms in total. The maximum absolute atomic E-state index is 12.7. The summed E-state index contributed by atoms with van der Waals surface area (Å²) in [5.41, 5.74) is 0. The normalized spacial score (nSPS) is 26.5. The second kappa shape index (κ2) is 7.27. The molecular weight excluding hydrogens is 374 g/mol. The van der Waals surface area contributed by atoms with Crippen LogP contribution in [0.3, 0.4) is 0 Å². The van der Waals surface area contributed by atoms with Crippen LogP contribution in [0.25, 0.3) is 0 Å². The average molecular weight is 394 g/mol. The van der Waals surface area contributed by atoms with Crippen molar-refractivity contribution in [3.8, 4) is 0 Å². The van der Waals surface area contributed by atoms with Crippen molar-refractivity contribution >= 4 is 38.9 Å². The van der Waals surface area contributed by atoms with Crippen molar-refractivity contribution in [1.82, 2.24) is 14.5 Å². The number of aliphatic hydroxyl groups is 1. The van der Waals surface area contributed by atoms with E-state index < -0.39 is 16.1 Å². The average Bonchev–Trinajstić information content (AvgIpc) is 3.08. The summed E-state index contributed by atoms with van der Waals surface area (Å²) in [6, 6.07) is 2.71. The van der Waals surface area contributed by atoms with Crippen LogP contribution >= 0.6 is 22.9 Å². The number of halogens is 1. The number of β-amino-alcohol motifs (C(OH)–C–C–N with tert-alkyl or cyclic N) is 1. The predicted octanol–water partition coefficient (Wildman–Crippen LogP) is 0.347. The molecule has 0 bridgehead atoms. The summed E-state index contributed by atoms with van der Waals surface area (Å²) in [4.78, 5) is 14.2. The maximum Gasteiger partial charge on any atom is 0.252 e. The van der Waals surface area contributed by atoms with E-state index in [4.69, 9.17) is 11.6 Å². The minimum atomic E-state index is -3.57. The van der Waals surface area contributed by atoms with Gasteiger partial charge in [-0.1, -0.05) is 11.6 Å². The zero-order valence-corrected chi connectivity index (χ0v) is 15.4. The molecule has 1 amide bonds. The van der Waals surface area contributed by atoms with E-state index >= 15 is 0 Å². The number of aliphatic hydroxyl groups excluding tert-OH is 1. The fraction of sp³-hybridized carbons (Fsp3) is 0.643. The molecule has 2 saturated heterocycles. The molecule has 2 atom stereocenters. The number of amides is 1. The van der Waals surface area contributed by atoms with E-state index in [-0.39, 0.29) is 22.7 Å². The summed E-state index contributed by atoms with van der Waals surface area (Å²) in [7, 11) is -3.57. The zero-order chi connectivity index (χ0) is 17.3. The number of thiophene rings is 1. The Labute approximate surface area is 150 Å². The Morgan fingerprint density at radius 1 is 1.29 bits per heavy atom. The van der Waals surface area contributed by atoms with Crippen molar-refractivity contribution in [2.45, 2.75) is 29.2 Å². The molecule has 24 heavy (non-hydrogen) atoms. The first-order valence-electron chi connectivity index (χ1n) is 7.83. The van der Waals surface area contributed by atoms with Gasteiger partial charge < -0.3 is 15.3 Å². The molecule has 2 fully saturated rings. The summed E-state index contributed by atoms with van der Waals surface area (Å²) in [6.07, 6.45) is 0.496. The van der Waals surface area contributed by atoms with E-state index in [0.717, 1.165) is 11.3 Å². The Bertz CT molecular complexity index is 709. The van der Waals surface area contributed by atoms with Crippen molar-refractivity contribution in [2.75, 3.05) is 32.7 Å². The van der Waals surface area contributed by atoms with Gasteiger partial charge >= 0.3 is 0 Å². The van der Waals surface area contributed by atoms with Gasteiger partial charge in [0.05, 0.1) is 16.5 Å². The number of carbonyl (C=O) groups excluding carboxylic acids is 1. The van der Waals surface area contributed by atoms with Gasteiger partial charge in [-0.25, -0.2) is 8.42 Å². The van der Waals surface area contributed by atoms with E-state index in [1.54, 1.807) is 11.0 Å². The smallest absolute Gasteiger partial charge is 0.252 e. The van der Waals surface area contributed by atoms with E-state index in [2.05, 4.69) is 5.32 Å². The number of nitrogens with one attached hydrogen (secondary N) is 1. The number of nitrogens with zero attached hydrogens (tertiary/aromatic N) is 2. The third-order valence-electron chi connectivity index (χ3n) is 4.31. The molecule has 3 rings (SSSR count). The van der Waals surface area contributed by atoms with Crippen molar-refractivity contribution in [3.63, 3.8) is 0 Å². The van der Waals surface area contributed by atoms with Gasteiger partial charge in [0.25, 0.3) is 10.0 Å². The Morgan fingerprint density at radius 3 is 2.71 bits per heavy atom. The Hall–Kier alpha value is -0.710. The highest BCUT2D eigenvalue weighted by atomic mass is 35.5. The molecule has 10 heteroatoms. The highest BCUT2D eigenvalue weighted by Gasteiger charge is 2.34. The summed E-state index contributed by atoms with van der Waals surface area (Å²) < 4.78 is 27.4. The first kappa shape index (κ1) is 18.1. The molecule has 134 valence electrons. The van der Waals surface area contributed by atoms with Gasteiger partial charge in [-0.05, 0) is 25.0 Å².